The van der Waals surface area contributed by atoms with Gasteiger partial charge in [0.25, 0.3) is 5.89 Å². The van der Waals surface area contributed by atoms with E-state index in [0.717, 1.165) is 0 Å². The molecular weight excluding hydrogens is 276 g/mol. The van der Waals surface area contributed by atoms with Gasteiger partial charge in [-0.25, -0.2) is 0 Å². The molecule has 1 aliphatic rings. The summed E-state index contributed by atoms with van der Waals surface area (Å²) in [5.74, 6) is 0.0391. The Balaban J connectivity index is 1.94. The number of thiophene rings is 1. The van der Waals surface area contributed by atoms with Gasteiger partial charge in [-0.05, 0) is 6.07 Å². The summed E-state index contributed by atoms with van der Waals surface area (Å²) < 4.78 is 5.11. The van der Waals surface area contributed by atoms with E-state index in [4.69, 9.17) is 4.42 Å². The number of benzene rings is 1. The van der Waals surface area contributed by atoms with Crippen molar-refractivity contribution < 1.29 is 14.0 Å². The molecule has 0 fully saturated rings. The molecule has 0 saturated heterocycles. The number of aromatic nitrogens is 2. The lowest BCUT2D eigenvalue weighted by molar-refractivity contribution is 0.0982. The molecule has 3 aromatic rings. The van der Waals surface area contributed by atoms with Crippen molar-refractivity contribution in [3.05, 3.63) is 58.3 Å². The lowest BCUT2D eigenvalue weighted by Crippen LogP contribution is -2.18. The fourth-order valence-electron chi connectivity index (χ4n) is 2.26. The van der Waals surface area contributed by atoms with E-state index >= 15 is 0 Å². The number of rotatable bonds is 1. The first-order valence-corrected chi connectivity index (χ1v) is 6.66. The monoisotopic (exact) mass is 282 g/mol. The van der Waals surface area contributed by atoms with Crippen LogP contribution in [0.1, 0.15) is 31.2 Å². The molecule has 1 aromatic carbocycles. The van der Waals surface area contributed by atoms with Crippen LogP contribution in [0.3, 0.4) is 0 Å². The maximum Gasteiger partial charge on any atom is 0.257 e. The van der Waals surface area contributed by atoms with Gasteiger partial charge in [0.1, 0.15) is 0 Å². The second-order valence-electron chi connectivity index (χ2n) is 4.30. The standard InChI is InChI=1S/C14H6N2O3S/c17-11-7-3-1-2-4-8(7)12(18)13-9(11)5-10(20-13)14-16-15-6-19-14/h1-6H. The van der Waals surface area contributed by atoms with E-state index in [9.17, 15) is 9.59 Å². The molecule has 2 aromatic heterocycles. The van der Waals surface area contributed by atoms with Gasteiger partial charge in [0.15, 0.2) is 5.78 Å². The van der Waals surface area contributed by atoms with Crippen LogP contribution < -0.4 is 0 Å². The van der Waals surface area contributed by atoms with Crippen LogP contribution >= 0.6 is 11.3 Å². The Kier molecular flexibility index (Phi) is 2.22. The summed E-state index contributed by atoms with van der Waals surface area (Å²) >= 11 is 1.20. The molecule has 0 unspecified atom stereocenters. The van der Waals surface area contributed by atoms with Crippen molar-refractivity contribution in [1.29, 1.82) is 0 Å². The summed E-state index contributed by atoms with van der Waals surface area (Å²) in [5.41, 5.74) is 1.30. The second kappa shape index (κ2) is 3.94. The lowest BCUT2D eigenvalue weighted by Gasteiger charge is -2.12. The summed E-state index contributed by atoms with van der Waals surface area (Å²) in [5, 5.41) is 7.40. The van der Waals surface area contributed by atoms with Gasteiger partial charge < -0.3 is 4.42 Å². The Bertz CT molecular complexity index is 797. The number of carbonyl (C=O) groups is 2. The SMILES string of the molecule is O=C1c2ccccc2C(=O)c2sc(-c3nnco3)cc21. The molecule has 0 saturated carbocycles. The molecule has 0 spiro atoms. The van der Waals surface area contributed by atoms with Gasteiger partial charge in [0, 0.05) is 16.7 Å². The minimum absolute atomic E-state index is 0.133. The zero-order chi connectivity index (χ0) is 13.7. The minimum Gasteiger partial charge on any atom is -0.423 e. The minimum atomic E-state index is -0.141. The summed E-state index contributed by atoms with van der Waals surface area (Å²) in [7, 11) is 0. The van der Waals surface area contributed by atoms with Crippen LogP contribution in [0, 0.1) is 0 Å². The van der Waals surface area contributed by atoms with Crippen LogP contribution in [0.25, 0.3) is 10.8 Å². The smallest absolute Gasteiger partial charge is 0.257 e. The van der Waals surface area contributed by atoms with E-state index < -0.39 is 0 Å². The maximum absolute atomic E-state index is 12.4. The summed E-state index contributed by atoms with van der Waals surface area (Å²) in [4.78, 5) is 25.9. The third-order valence-corrected chi connectivity index (χ3v) is 4.29. The molecule has 0 aliphatic heterocycles. The summed E-state index contributed by atoms with van der Waals surface area (Å²) in [6.07, 6.45) is 1.21. The molecule has 1 aliphatic carbocycles. The Morgan fingerprint density at radius 3 is 2.45 bits per heavy atom. The molecule has 96 valence electrons. The van der Waals surface area contributed by atoms with Crippen LogP contribution in [0.2, 0.25) is 0 Å². The number of ketones is 2. The first-order chi connectivity index (χ1) is 9.75. The van der Waals surface area contributed by atoms with Crippen molar-refractivity contribution >= 4 is 22.9 Å². The summed E-state index contributed by atoms with van der Waals surface area (Å²) in [6, 6.07) is 8.48. The zero-order valence-electron chi connectivity index (χ0n) is 9.99. The maximum atomic E-state index is 12.4. The van der Waals surface area contributed by atoms with Gasteiger partial charge in [0.2, 0.25) is 12.2 Å². The summed E-state index contributed by atoms with van der Waals surface area (Å²) in [6.45, 7) is 0. The highest BCUT2D eigenvalue weighted by atomic mass is 32.1. The second-order valence-corrected chi connectivity index (χ2v) is 5.35. The first kappa shape index (κ1) is 11.2. The number of fused-ring (bicyclic) bond motifs is 2. The fourth-order valence-corrected chi connectivity index (χ4v) is 3.30. The van der Waals surface area contributed by atoms with Gasteiger partial charge in [0.05, 0.1) is 9.75 Å². The molecule has 5 nitrogen and oxygen atoms in total. The molecule has 20 heavy (non-hydrogen) atoms. The van der Waals surface area contributed by atoms with Crippen LogP contribution in [0.15, 0.2) is 41.1 Å². The van der Waals surface area contributed by atoms with E-state index in [1.807, 2.05) is 0 Å². The lowest BCUT2D eigenvalue weighted by atomic mass is 9.89. The normalized spacial score (nSPS) is 13.2. The third-order valence-electron chi connectivity index (χ3n) is 3.17. The van der Waals surface area contributed by atoms with Crippen molar-refractivity contribution in [2.45, 2.75) is 0 Å². The average molecular weight is 282 g/mol. The fraction of sp³-hybridized carbons (Fsp3) is 0. The predicted octanol–water partition coefficient (Wildman–Crippen LogP) is 2.57. The average Bonchev–Trinajstić information content (AvgIpc) is 3.13. The highest BCUT2D eigenvalue weighted by molar-refractivity contribution is 7.18. The van der Waals surface area contributed by atoms with Gasteiger partial charge in [-0.3, -0.25) is 9.59 Å². The van der Waals surface area contributed by atoms with E-state index in [1.165, 1.54) is 17.7 Å². The van der Waals surface area contributed by atoms with Crippen molar-refractivity contribution in [2.24, 2.45) is 0 Å². The number of nitrogens with zero attached hydrogens (tertiary/aromatic N) is 2. The quantitative estimate of drug-likeness (QED) is 0.536. The highest BCUT2D eigenvalue weighted by Crippen LogP contribution is 2.36. The van der Waals surface area contributed by atoms with Crippen molar-refractivity contribution in [3.8, 4) is 10.8 Å². The van der Waals surface area contributed by atoms with Gasteiger partial charge >= 0.3 is 0 Å². The van der Waals surface area contributed by atoms with E-state index in [1.54, 1.807) is 30.3 Å². The number of carbonyl (C=O) groups excluding carboxylic acids is 2. The molecule has 4 rings (SSSR count). The Labute approximate surface area is 116 Å². The van der Waals surface area contributed by atoms with Crippen LogP contribution in [0.4, 0.5) is 0 Å². The van der Waals surface area contributed by atoms with Crippen molar-refractivity contribution in [3.63, 3.8) is 0 Å². The highest BCUT2D eigenvalue weighted by Gasteiger charge is 2.32. The Morgan fingerprint density at radius 2 is 1.75 bits per heavy atom. The molecule has 0 amide bonds. The van der Waals surface area contributed by atoms with Crippen LogP contribution in [0.5, 0.6) is 0 Å². The molecule has 0 atom stereocenters. The van der Waals surface area contributed by atoms with Crippen LogP contribution in [-0.4, -0.2) is 21.8 Å². The van der Waals surface area contributed by atoms with Crippen LogP contribution in [-0.2, 0) is 0 Å². The molecule has 2 heterocycles. The molecule has 0 radical (unpaired) electrons. The molecule has 0 N–H and O–H groups in total. The van der Waals surface area contributed by atoms with E-state index in [-0.39, 0.29) is 11.6 Å². The van der Waals surface area contributed by atoms with Crippen molar-refractivity contribution in [1.82, 2.24) is 10.2 Å². The molecular formula is C14H6N2O3S. The predicted molar refractivity (Wildman–Crippen MR) is 70.9 cm³/mol. The molecule has 0 bridgehead atoms. The van der Waals surface area contributed by atoms with Gasteiger partial charge in [-0.2, -0.15) is 0 Å². The van der Waals surface area contributed by atoms with E-state index in [2.05, 4.69) is 10.2 Å². The largest absolute Gasteiger partial charge is 0.423 e. The number of hydrogen-bond donors (Lipinski definition) is 0. The number of hydrogen-bond acceptors (Lipinski definition) is 6. The Morgan fingerprint density at radius 1 is 1.00 bits per heavy atom. The third kappa shape index (κ3) is 1.42. The Hall–Kier alpha value is -2.60. The van der Waals surface area contributed by atoms with E-state index in [0.29, 0.717) is 32.3 Å². The molecule has 6 heteroatoms. The van der Waals surface area contributed by atoms with Gasteiger partial charge in [-0.15, -0.1) is 21.5 Å². The van der Waals surface area contributed by atoms with Gasteiger partial charge in [-0.1, -0.05) is 24.3 Å². The zero-order valence-corrected chi connectivity index (χ0v) is 10.8. The first-order valence-electron chi connectivity index (χ1n) is 5.84. The van der Waals surface area contributed by atoms with Crippen molar-refractivity contribution in [2.75, 3.05) is 0 Å². The topological polar surface area (TPSA) is 73.1 Å².